The summed E-state index contributed by atoms with van der Waals surface area (Å²) in [5, 5.41) is 22.6. The van der Waals surface area contributed by atoms with Crippen LogP contribution in [0, 0.1) is 0 Å². The summed E-state index contributed by atoms with van der Waals surface area (Å²) >= 11 is 0. The molecule has 1 aromatic rings. The lowest BCUT2D eigenvalue weighted by molar-refractivity contribution is -0.120. The zero-order valence-electron chi connectivity index (χ0n) is 8.55. The van der Waals surface area contributed by atoms with Gasteiger partial charge in [-0.25, -0.2) is 0 Å². The lowest BCUT2D eigenvalue weighted by Crippen LogP contribution is -2.34. The van der Waals surface area contributed by atoms with Crippen LogP contribution in [0.25, 0.3) is 0 Å². The molecule has 1 rings (SSSR count). The second-order valence-electron chi connectivity index (χ2n) is 3.21. The summed E-state index contributed by atoms with van der Waals surface area (Å²) in [6.45, 7) is -0.00580. The molecule has 0 radical (unpaired) electrons. The Morgan fingerprint density at radius 3 is 2.88 bits per heavy atom. The predicted molar refractivity (Wildman–Crippen MR) is 58.2 cm³/mol. The van der Waals surface area contributed by atoms with E-state index in [0.29, 0.717) is 5.56 Å². The molecular weight excluding hydrogens is 210 g/mol. The van der Waals surface area contributed by atoms with Crippen LogP contribution in [0.2, 0.25) is 0 Å². The van der Waals surface area contributed by atoms with E-state index in [2.05, 4.69) is 10.5 Å². The van der Waals surface area contributed by atoms with Gasteiger partial charge in [0.2, 0.25) is 5.91 Å². The highest BCUT2D eigenvalue weighted by molar-refractivity contribution is 5.87. The SMILES string of the molecule is N/C(CNC(=O)Cc1cccc(O)c1)=N/O. The number of benzene rings is 1. The van der Waals surface area contributed by atoms with Gasteiger partial charge in [-0.2, -0.15) is 0 Å². The van der Waals surface area contributed by atoms with Gasteiger partial charge in [-0.3, -0.25) is 4.79 Å². The van der Waals surface area contributed by atoms with E-state index in [9.17, 15) is 9.90 Å². The van der Waals surface area contributed by atoms with Crippen LogP contribution in [0.3, 0.4) is 0 Å². The third kappa shape index (κ3) is 3.87. The van der Waals surface area contributed by atoms with E-state index in [1.807, 2.05) is 0 Å². The fourth-order valence-electron chi connectivity index (χ4n) is 1.14. The topological polar surface area (TPSA) is 108 Å². The molecular formula is C10H13N3O3. The van der Waals surface area contributed by atoms with E-state index in [4.69, 9.17) is 10.9 Å². The molecule has 1 aromatic carbocycles. The number of amidine groups is 1. The zero-order chi connectivity index (χ0) is 12.0. The Hall–Kier alpha value is -2.24. The van der Waals surface area contributed by atoms with Gasteiger partial charge in [-0.05, 0) is 17.7 Å². The lowest BCUT2D eigenvalue weighted by Gasteiger charge is -2.04. The first-order chi connectivity index (χ1) is 7.61. The number of carbonyl (C=O) groups is 1. The Bertz CT molecular complexity index is 404. The summed E-state index contributed by atoms with van der Waals surface area (Å²) in [4.78, 5) is 11.4. The number of nitrogens with two attached hydrogens (primary N) is 1. The van der Waals surface area contributed by atoms with Gasteiger partial charge < -0.3 is 21.4 Å². The van der Waals surface area contributed by atoms with E-state index >= 15 is 0 Å². The highest BCUT2D eigenvalue weighted by Gasteiger charge is 2.04. The Morgan fingerprint density at radius 1 is 1.50 bits per heavy atom. The molecule has 0 aromatic heterocycles. The van der Waals surface area contributed by atoms with Gasteiger partial charge in [-0.15, -0.1) is 0 Å². The molecule has 0 spiro atoms. The highest BCUT2D eigenvalue weighted by atomic mass is 16.4. The average Bonchev–Trinajstić information content (AvgIpc) is 2.26. The van der Waals surface area contributed by atoms with Gasteiger partial charge in [0.1, 0.15) is 5.75 Å². The standard InChI is InChI=1S/C10H13N3O3/c11-9(13-16)6-12-10(15)5-7-2-1-3-8(14)4-7/h1-4,14,16H,5-6H2,(H2,11,13)(H,12,15). The van der Waals surface area contributed by atoms with Gasteiger partial charge in [0, 0.05) is 0 Å². The van der Waals surface area contributed by atoms with Crippen molar-refractivity contribution in [2.75, 3.05) is 6.54 Å². The molecule has 6 heteroatoms. The van der Waals surface area contributed by atoms with Crippen LogP contribution in [0.4, 0.5) is 0 Å². The fourth-order valence-corrected chi connectivity index (χ4v) is 1.14. The summed E-state index contributed by atoms with van der Waals surface area (Å²) in [6, 6.07) is 6.41. The number of phenols is 1. The van der Waals surface area contributed by atoms with Crippen molar-refractivity contribution in [3.63, 3.8) is 0 Å². The zero-order valence-corrected chi connectivity index (χ0v) is 8.55. The number of nitrogens with zero attached hydrogens (tertiary/aromatic N) is 1. The molecule has 0 fully saturated rings. The minimum absolute atomic E-state index is 0.00580. The van der Waals surface area contributed by atoms with Crippen molar-refractivity contribution in [2.24, 2.45) is 10.9 Å². The van der Waals surface area contributed by atoms with Gasteiger partial charge in [0.25, 0.3) is 0 Å². The maximum absolute atomic E-state index is 11.4. The summed E-state index contributed by atoms with van der Waals surface area (Å²) in [6.07, 6.45) is 0.132. The Labute approximate surface area is 92.4 Å². The molecule has 1 amide bonds. The van der Waals surface area contributed by atoms with E-state index in [1.165, 1.54) is 12.1 Å². The Kier molecular flexibility index (Phi) is 4.14. The van der Waals surface area contributed by atoms with Crippen molar-refractivity contribution in [3.8, 4) is 5.75 Å². The smallest absolute Gasteiger partial charge is 0.224 e. The van der Waals surface area contributed by atoms with Crippen LogP contribution < -0.4 is 11.1 Å². The van der Waals surface area contributed by atoms with E-state index in [-0.39, 0.29) is 30.5 Å². The minimum atomic E-state index is -0.266. The van der Waals surface area contributed by atoms with Crippen molar-refractivity contribution in [3.05, 3.63) is 29.8 Å². The third-order valence-corrected chi connectivity index (χ3v) is 1.87. The second-order valence-corrected chi connectivity index (χ2v) is 3.21. The average molecular weight is 223 g/mol. The van der Waals surface area contributed by atoms with Gasteiger partial charge >= 0.3 is 0 Å². The number of rotatable bonds is 4. The number of phenolic OH excluding ortho intramolecular Hbond substituents is 1. The quantitative estimate of drug-likeness (QED) is 0.245. The largest absolute Gasteiger partial charge is 0.508 e. The van der Waals surface area contributed by atoms with Gasteiger partial charge in [-0.1, -0.05) is 17.3 Å². The number of nitrogens with one attached hydrogen (secondary N) is 1. The first-order valence-electron chi connectivity index (χ1n) is 4.63. The summed E-state index contributed by atoms with van der Waals surface area (Å²) < 4.78 is 0. The van der Waals surface area contributed by atoms with Crippen LogP contribution in [0.15, 0.2) is 29.4 Å². The van der Waals surface area contributed by atoms with Crippen molar-refractivity contribution in [1.82, 2.24) is 5.32 Å². The molecule has 0 saturated carbocycles. The Balaban J connectivity index is 2.46. The molecule has 5 N–H and O–H groups in total. The molecule has 0 aliphatic heterocycles. The van der Waals surface area contributed by atoms with Crippen molar-refractivity contribution in [1.29, 1.82) is 0 Å². The molecule has 16 heavy (non-hydrogen) atoms. The van der Waals surface area contributed by atoms with Gasteiger partial charge in [0.05, 0.1) is 13.0 Å². The first kappa shape index (κ1) is 11.8. The Morgan fingerprint density at radius 2 is 2.25 bits per heavy atom. The summed E-state index contributed by atoms with van der Waals surface area (Å²) in [5.41, 5.74) is 5.88. The minimum Gasteiger partial charge on any atom is -0.508 e. The van der Waals surface area contributed by atoms with Crippen LogP contribution in [0.5, 0.6) is 5.75 Å². The molecule has 0 bridgehead atoms. The van der Waals surface area contributed by atoms with Crippen molar-refractivity contribution in [2.45, 2.75) is 6.42 Å². The number of hydrogen-bond acceptors (Lipinski definition) is 4. The molecule has 6 nitrogen and oxygen atoms in total. The molecule has 0 unspecified atom stereocenters. The monoisotopic (exact) mass is 223 g/mol. The van der Waals surface area contributed by atoms with Crippen LogP contribution >= 0.6 is 0 Å². The van der Waals surface area contributed by atoms with E-state index in [0.717, 1.165) is 0 Å². The number of oxime groups is 1. The van der Waals surface area contributed by atoms with Crippen LogP contribution in [-0.2, 0) is 11.2 Å². The maximum Gasteiger partial charge on any atom is 0.224 e. The van der Waals surface area contributed by atoms with Crippen LogP contribution in [0.1, 0.15) is 5.56 Å². The van der Waals surface area contributed by atoms with Crippen molar-refractivity contribution < 1.29 is 15.1 Å². The molecule has 0 saturated heterocycles. The molecule has 86 valence electrons. The predicted octanol–water partition coefficient (Wildman–Crippen LogP) is -0.203. The van der Waals surface area contributed by atoms with Crippen molar-refractivity contribution >= 4 is 11.7 Å². The maximum atomic E-state index is 11.4. The second kappa shape index (κ2) is 5.59. The van der Waals surface area contributed by atoms with E-state index in [1.54, 1.807) is 12.1 Å². The van der Waals surface area contributed by atoms with Crippen LogP contribution in [-0.4, -0.2) is 28.6 Å². The fraction of sp³-hybridized carbons (Fsp3) is 0.200. The normalized spacial score (nSPS) is 11.1. The number of carbonyl (C=O) groups excluding carboxylic acids is 1. The molecule has 0 atom stereocenters. The summed E-state index contributed by atoms with van der Waals surface area (Å²) in [5.74, 6) is -0.219. The van der Waals surface area contributed by atoms with Gasteiger partial charge in [0.15, 0.2) is 5.84 Å². The lowest BCUT2D eigenvalue weighted by atomic mass is 10.1. The van der Waals surface area contributed by atoms with E-state index < -0.39 is 0 Å². The molecule has 0 heterocycles. The molecule has 0 aliphatic rings. The number of amides is 1. The number of hydrogen-bond donors (Lipinski definition) is 4. The number of aromatic hydroxyl groups is 1. The molecule has 0 aliphatic carbocycles. The summed E-state index contributed by atoms with van der Waals surface area (Å²) in [7, 11) is 0. The highest BCUT2D eigenvalue weighted by Crippen LogP contribution is 2.10. The third-order valence-electron chi connectivity index (χ3n) is 1.87. The first-order valence-corrected chi connectivity index (χ1v) is 4.63.